The summed E-state index contributed by atoms with van der Waals surface area (Å²) >= 11 is 0. The predicted octanol–water partition coefficient (Wildman–Crippen LogP) is 1.05. The lowest BCUT2D eigenvalue weighted by molar-refractivity contribution is 0.0103. The van der Waals surface area contributed by atoms with E-state index in [4.69, 9.17) is 5.11 Å². The molecule has 0 radical (unpaired) electrons. The summed E-state index contributed by atoms with van der Waals surface area (Å²) in [6.07, 6.45) is 7.99. The molecule has 0 aliphatic heterocycles. The molecule has 0 amide bonds. The Labute approximate surface area is 124 Å². The SMILES string of the molecule is OCCNc1nnc(NC23CC4CC(CC(C4)C2)C3)nn1. The maximum absolute atomic E-state index is 8.75. The summed E-state index contributed by atoms with van der Waals surface area (Å²) in [6, 6.07) is 0. The quantitative estimate of drug-likeness (QED) is 0.746. The molecule has 4 bridgehead atoms. The van der Waals surface area contributed by atoms with Crippen LogP contribution in [0.1, 0.15) is 38.5 Å². The van der Waals surface area contributed by atoms with Crippen LogP contribution in [0.5, 0.6) is 0 Å². The summed E-state index contributed by atoms with van der Waals surface area (Å²) in [5.41, 5.74) is 0.179. The lowest BCUT2D eigenvalue weighted by Crippen LogP contribution is -2.55. The third-order valence-corrected chi connectivity index (χ3v) is 5.29. The second kappa shape index (κ2) is 5.05. The van der Waals surface area contributed by atoms with E-state index in [1.165, 1.54) is 38.5 Å². The molecule has 0 saturated heterocycles. The van der Waals surface area contributed by atoms with E-state index in [0.717, 1.165) is 17.8 Å². The third-order valence-electron chi connectivity index (χ3n) is 5.29. The van der Waals surface area contributed by atoms with Crippen molar-refractivity contribution >= 4 is 11.9 Å². The molecule has 1 aromatic rings. The van der Waals surface area contributed by atoms with Crippen LogP contribution in [0.25, 0.3) is 0 Å². The molecule has 0 aromatic carbocycles. The van der Waals surface area contributed by atoms with Crippen molar-refractivity contribution in [2.45, 2.75) is 44.1 Å². The smallest absolute Gasteiger partial charge is 0.262 e. The molecule has 1 heterocycles. The van der Waals surface area contributed by atoms with Gasteiger partial charge in [-0.05, 0) is 56.3 Å². The molecule has 4 aliphatic rings. The Morgan fingerprint density at radius 3 is 1.95 bits per heavy atom. The van der Waals surface area contributed by atoms with Crippen LogP contribution in [0.15, 0.2) is 0 Å². The average Bonchev–Trinajstić information content (AvgIpc) is 2.45. The molecule has 3 N–H and O–H groups in total. The highest BCUT2D eigenvalue weighted by atomic mass is 16.3. The minimum Gasteiger partial charge on any atom is -0.395 e. The minimum atomic E-state index is 0.0383. The lowest BCUT2D eigenvalue weighted by atomic mass is 9.53. The molecule has 114 valence electrons. The largest absolute Gasteiger partial charge is 0.395 e. The number of aliphatic hydroxyl groups is 1. The second-order valence-corrected chi connectivity index (χ2v) is 7.02. The number of rotatable bonds is 5. The summed E-state index contributed by atoms with van der Waals surface area (Å²) in [5, 5.41) is 31.4. The van der Waals surface area contributed by atoms with Crippen LogP contribution < -0.4 is 10.6 Å². The van der Waals surface area contributed by atoms with Crippen molar-refractivity contribution in [2.24, 2.45) is 17.8 Å². The molecule has 7 nitrogen and oxygen atoms in total. The van der Waals surface area contributed by atoms with E-state index in [2.05, 4.69) is 31.0 Å². The van der Waals surface area contributed by atoms with Crippen LogP contribution in [0, 0.1) is 17.8 Å². The Bertz CT molecular complexity index is 469. The highest BCUT2D eigenvalue weighted by Crippen LogP contribution is 2.56. The van der Waals surface area contributed by atoms with Gasteiger partial charge in [-0.1, -0.05) is 0 Å². The molecule has 4 saturated carbocycles. The summed E-state index contributed by atoms with van der Waals surface area (Å²) < 4.78 is 0. The van der Waals surface area contributed by atoms with Crippen LogP contribution in [0.3, 0.4) is 0 Å². The fourth-order valence-corrected chi connectivity index (χ4v) is 5.02. The van der Waals surface area contributed by atoms with Crippen LogP contribution in [-0.4, -0.2) is 44.2 Å². The number of nitrogens with zero attached hydrogens (tertiary/aromatic N) is 4. The Kier molecular flexibility index (Phi) is 3.17. The van der Waals surface area contributed by atoms with E-state index in [1.807, 2.05) is 0 Å². The van der Waals surface area contributed by atoms with Crippen molar-refractivity contribution in [1.29, 1.82) is 0 Å². The van der Waals surface area contributed by atoms with Gasteiger partial charge in [0.1, 0.15) is 0 Å². The number of hydrogen-bond donors (Lipinski definition) is 3. The average molecular weight is 290 g/mol. The van der Waals surface area contributed by atoms with Gasteiger partial charge in [0.2, 0.25) is 0 Å². The highest BCUT2D eigenvalue weighted by molar-refractivity contribution is 5.31. The maximum Gasteiger partial charge on any atom is 0.262 e. The first-order chi connectivity index (χ1) is 10.2. The Morgan fingerprint density at radius 2 is 1.43 bits per heavy atom. The Hall–Kier alpha value is -1.50. The molecule has 21 heavy (non-hydrogen) atoms. The van der Waals surface area contributed by atoms with E-state index in [-0.39, 0.29) is 12.1 Å². The number of aromatic nitrogens is 4. The minimum absolute atomic E-state index is 0.0383. The fraction of sp³-hybridized carbons (Fsp3) is 0.857. The molecule has 4 aliphatic carbocycles. The molecular weight excluding hydrogens is 268 g/mol. The van der Waals surface area contributed by atoms with Gasteiger partial charge >= 0.3 is 0 Å². The first-order valence-electron chi connectivity index (χ1n) is 7.95. The molecule has 0 unspecified atom stereocenters. The first kappa shape index (κ1) is 13.2. The lowest BCUT2D eigenvalue weighted by Gasteiger charge is -2.56. The third kappa shape index (κ3) is 2.54. The van der Waals surface area contributed by atoms with E-state index < -0.39 is 0 Å². The molecular formula is C14H22N6O. The van der Waals surface area contributed by atoms with E-state index >= 15 is 0 Å². The first-order valence-corrected chi connectivity index (χ1v) is 7.95. The number of aliphatic hydroxyl groups excluding tert-OH is 1. The Balaban J connectivity index is 1.46. The van der Waals surface area contributed by atoms with Crippen molar-refractivity contribution in [3.05, 3.63) is 0 Å². The zero-order chi connectivity index (χ0) is 14.3. The summed E-state index contributed by atoms with van der Waals surface area (Å²) in [4.78, 5) is 0. The van der Waals surface area contributed by atoms with Gasteiger partial charge in [0.05, 0.1) is 6.61 Å². The molecule has 0 atom stereocenters. The maximum atomic E-state index is 8.75. The topological polar surface area (TPSA) is 95.8 Å². The molecule has 4 fully saturated rings. The molecule has 5 rings (SSSR count). The van der Waals surface area contributed by atoms with Crippen molar-refractivity contribution in [1.82, 2.24) is 20.4 Å². The number of nitrogens with one attached hydrogen (secondary N) is 2. The van der Waals surface area contributed by atoms with E-state index in [9.17, 15) is 0 Å². The van der Waals surface area contributed by atoms with Crippen LogP contribution in [0.2, 0.25) is 0 Å². The van der Waals surface area contributed by atoms with Gasteiger partial charge in [-0.3, -0.25) is 0 Å². The van der Waals surface area contributed by atoms with Gasteiger partial charge in [-0.2, -0.15) is 0 Å². The normalized spacial score (nSPS) is 36.7. The van der Waals surface area contributed by atoms with Crippen molar-refractivity contribution in [3.63, 3.8) is 0 Å². The number of anilines is 2. The van der Waals surface area contributed by atoms with Crippen molar-refractivity contribution in [3.8, 4) is 0 Å². The summed E-state index contributed by atoms with van der Waals surface area (Å²) in [7, 11) is 0. The summed E-state index contributed by atoms with van der Waals surface area (Å²) in [6.45, 7) is 0.446. The van der Waals surface area contributed by atoms with E-state index in [1.54, 1.807) is 0 Å². The Morgan fingerprint density at radius 1 is 0.905 bits per heavy atom. The second-order valence-electron chi connectivity index (χ2n) is 7.02. The van der Waals surface area contributed by atoms with Gasteiger partial charge in [0.15, 0.2) is 0 Å². The summed E-state index contributed by atoms with van der Waals surface area (Å²) in [5.74, 6) is 3.55. The fourth-order valence-electron chi connectivity index (χ4n) is 5.02. The van der Waals surface area contributed by atoms with Crippen LogP contribution in [0.4, 0.5) is 11.9 Å². The van der Waals surface area contributed by atoms with Crippen molar-refractivity contribution < 1.29 is 5.11 Å². The zero-order valence-corrected chi connectivity index (χ0v) is 12.1. The van der Waals surface area contributed by atoms with Gasteiger partial charge < -0.3 is 15.7 Å². The highest BCUT2D eigenvalue weighted by Gasteiger charge is 2.51. The number of hydrogen-bond acceptors (Lipinski definition) is 7. The monoisotopic (exact) mass is 290 g/mol. The standard InChI is InChI=1S/C14H22N6O/c21-2-1-15-12-17-19-13(20-18-12)16-14-6-9-3-10(7-14)5-11(4-9)8-14/h9-11,21H,1-8H2,(H,15,17,18)(H,16,19,20). The van der Waals surface area contributed by atoms with Crippen molar-refractivity contribution in [2.75, 3.05) is 23.8 Å². The van der Waals surface area contributed by atoms with Crippen LogP contribution >= 0.6 is 0 Å². The van der Waals surface area contributed by atoms with Gasteiger partial charge in [-0.15, -0.1) is 20.4 Å². The molecule has 0 spiro atoms. The predicted molar refractivity (Wildman–Crippen MR) is 77.7 cm³/mol. The molecule has 7 heteroatoms. The zero-order valence-electron chi connectivity index (χ0n) is 12.1. The molecule has 1 aromatic heterocycles. The van der Waals surface area contributed by atoms with E-state index in [0.29, 0.717) is 18.4 Å². The van der Waals surface area contributed by atoms with Gasteiger partial charge in [-0.25, -0.2) is 0 Å². The van der Waals surface area contributed by atoms with Gasteiger partial charge in [0, 0.05) is 12.1 Å². The van der Waals surface area contributed by atoms with Crippen LogP contribution in [-0.2, 0) is 0 Å². The van der Waals surface area contributed by atoms with Gasteiger partial charge in [0.25, 0.3) is 11.9 Å².